The van der Waals surface area contributed by atoms with Crippen LogP contribution in [0.15, 0.2) is 11.6 Å². The summed E-state index contributed by atoms with van der Waals surface area (Å²) in [7, 11) is 0. The van der Waals surface area contributed by atoms with Crippen LogP contribution in [0.1, 0.15) is 44.9 Å². The third kappa shape index (κ3) is 4.25. The van der Waals surface area contributed by atoms with Crippen LogP contribution < -0.4 is 5.32 Å². The Bertz CT molecular complexity index is 393. The van der Waals surface area contributed by atoms with E-state index in [1.807, 2.05) is 0 Å². The van der Waals surface area contributed by atoms with Crippen molar-refractivity contribution in [1.82, 2.24) is 10.2 Å². The molecule has 112 valence electrons. The highest BCUT2D eigenvalue weighted by Crippen LogP contribution is 2.19. The van der Waals surface area contributed by atoms with Gasteiger partial charge in [0.05, 0.1) is 5.92 Å². The molecule has 2 amide bonds. The molecule has 0 saturated carbocycles. The van der Waals surface area contributed by atoms with Gasteiger partial charge in [0.15, 0.2) is 0 Å². The normalized spacial score (nSPS) is 23.1. The van der Waals surface area contributed by atoms with Gasteiger partial charge in [-0.2, -0.15) is 0 Å². The summed E-state index contributed by atoms with van der Waals surface area (Å²) in [4.78, 5) is 24.4. The molecular weight excluding hydrogens is 256 g/mol. The predicted molar refractivity (Wildman–Crippen MR) is 76.5 cm³/mol. The van der Waals surface area contributed by atoms with Crippen molar-refractivity contribution in [2.24, 2.45) is 5.92 Å². The van der Waals surface area contributed by atoms with Gasteiger partial charge in [0.25, 0.3) is 0 Å². The highest BCUT2D eigenvalue weighted by atomic mass is 16.4. The Morgan fingerprint density at radius 3 is 2.95 bits per heavy atom. The molecule has 2 N–H and O–H groups in total. The summed E-state index contributed by atoms with van der Waals surface area (Å²) in [6.07, 6.45) is 9.95. The third-order valence-corrected chi connectivity index (χ3v) is 4.18. The smallest absolute Gasteiger partial charge is 0.317 e. The molecule has 1 fully saturated rings. The molecule has 20 heavy (non-hydrogen) atoms. The highest BCUT2D eigenvalue weighted by Gasteiger charge is 2.30. The fourth-order valence-corrected chi connectivity index (χ4v) is 2.90. The Kier molecular flexibility index (Phi) is 5.44. The van der Waals surface area contributed by atoms with Gasteiger partial charge in [0.1, 0.15) is 0 Å². The molecule has 1 saturated heterocycles. The number of hydrogen-bond donors (Lipinski definition) is 2. The number of amides is 2. The Hall–Kier alpha value is -1.52. The van der Waals surface area contributed by atoms with Gasteiger partial charge in [0.2, 0.25) is 0 Å². The SMILES string of the molecule is O=C(O)C1CCN(C(=O)NCCC2=CCCCCC2)C1. The molecule has 2 rings (SSSR count). The molecule has 5 nitrogen and oxygen atoms in total. The van der Waals surface area contributed by atoms with Gasteiger partial charge in [0, 0.05) is 19.6 Å². The van der Waals surface area contributed by atoms with Crippen LogP contribution in [0, 0.1) is 5.92 Å². The van der Waals surface area contributed by atoms with Gasteiger partial charge >= 0.3 is 12.0 Å². The average molecular weight is 280 g/mol. The predicted octanol–water partition coefficient (Wildman–Crippen LogP) is 2.38. The largest absolute Gasteiger partial charge is 0.481 e. The van der Waals surface area contributed by atoms with Crippen LogP contribution in [0.25, 0.3) is 0 Å². The number of likely N-dealkylation sites (tertiary alicyclic amines) is 1. The number of urea groups is 1. The van der Waals surface area contributed by atoms with E-state index in [4.69, 9.17) is 5.11 Å². The summed E-state index contributed by atoms with van der Waals surface area (Å²) in [5.41, 5.74) is 1.45. The number of carboxylic acids is 1. The molecule has 0 radical (unpaired) electrons. The third-order valence-electron chi connectivity index (χ3n) is 4.18. The highest BCUT2D eigenvalue weighted by molar-refractivity contribution is 5.77. The first-order chi connectivity index (χ1) is 9.66. The van der Waals surface area contributed by atoms with Gasteiger partial charge < -0.3 is 15.3 Å². The van der Waals surface area contributed by atoms with E-state index in [0.717, 1.165) is 19.3 Å². The number of rotatable bonds is 4. The van der Waals surface area contributed by atoms with E-state index in [2.05, 4.69) is 11.4 Å². The lowest BCUT2D eigenvalue weighted by Gasteiger charge is -2.17. The zero-order valence-electron chi connectivity index (χ0n) is 11.9. The van der Waals surface area contributed by atoms with Crippen molar-refractivity contribution in [2.45, 2.75) is 44.9 Å². The van der Waals surface area contributed by atoms with Crippen molar-refractivity contribution in [3.8, 4) is 0 Å². The maximum Gasteiger partial charge on any atom is 0.317 e. The average Bonchev–Trinajstić information content (AvgIpc) is 2.78. The maximum absolute atomic E-state index is 11.9. The molecule has 0 aromatic rings. The number of nitrogens with one attached hydrogen (secondary N) is 1. The molecule has 5 heteroatoms. The maximum atomic E-state index is 11.9. The first-order valence-electron chi connectivity index (χ1n) is 7.60. The van der Waals surface area contributed by atoms with E-state index in [9.17, 15) is 9.59 Å². The molecule has 1 heterocycles. The molecule has 0 aromatic carbocycles. The zero-order valence-corrected chi connectivity index (χ0v) is 11.9. The van der Waals surface area contributed by atoms with Crippen LogP contribution >= 0.6 is 0 Å². The molecule has 0 spiro atoms. The van der Waals surface area contributed by atoms with Crippen molar-refractivity contribution in [3.05, 3.63) is 11.6 Å². The molecular formula is C15H24N2O3. The molecule has 1 aliphatic carbocycles. The second-order valence-corrected chi connectivity index (χ2v) is 5.71. The first-order valence-corrected chi connectivity index (χ1v) is 7.60. The van der Waals surface area contributed by atoms with E-state index in [1.165, 1.54) is 24.8 Å². The van der Waals surface area contributed by atoms with Gasteiger partial charge in [-0.1, -0.05) is 18.1 Å². The Balaban J connectivity index is 1.68. The fraction of sp³-hybridized carbons (Fsp3) is 0.733. The molecule has 0 aromatic heterocycles. The zero-order chi connectivity index (χ0) is 14.4. The van der Waals surface area contributed by atoms with Crippen molar-refractivity contribution in [1.29, 1.82) is 0 Å². The van der Waals surface area contributed by atoms with Gasteiger partial charge in [-0.25, -0.2) is 4.79 Å². The molecule has 1 aliphatic heterocycles. The first kappa shape index (κ1) is 14.9. The minimum atomic E-state index is -0.802. The van der Waals surface area contributed by atoms with E-state index in [0.29, 0.717) is 26.1 Å². The molecule has 1 unspecified atom stereocenters. The van der Waals surface area contributed by atoms with E-state index < -0.39 is 11.9 Å². The fourth-order valence-electron chi connectivity index (χ4n) is 2.90. The summed E-state index contributed by atoms with van der Waals surface area (Å²) in [5.74, 6) is -1.20. The summed E-state index contributed by atoms with van der Waals surface area (Å²) in [6, 6.07) is -0.122. The Morgan fingerprint density at radius 1 is 1.35 bits per heavy atom. The lowest BCUT2D eigenvalue weighted by molar-refractivity contribution is -0.141. The summed E-state index contributed by atoms with van der Waals surface area (Å²) < 4.78 is 0. The van der Waals surface area contributed by atoms with Crippen molar-refractivity contribution in [2.75, 3.05) is 19.6 Å². The van der Waals surface area contributed by atoms with Gasteiger partial charge in [-0.3, -0.25) is 4.79 Å². The second kappa shape index (κ2) is 7.31. The van der Waals surface area contributed by atoms with Crippen molar-refractivity contribution >= 4 is 12.0 Å². The van der Waals surface area contributed by atoms with Crippen LogP contribution in [0.5, 0.6) is 0 Å². The number of aliphatic carboxylic acids is 1. The Morgan fingerprint density at radius 2 is 2.20 bits per heavy atom. The minimum Gasteiger partial charge on any atom is -0.481 e. The van der Waals surface area contributed by atoms with Crippen LogP contribution in [-0.2, 0) is 4.79 Å². The van der Waals surface area contributed by atoms with Gasteiger partial charge in [-0.15, -0.1) is 0 Å². The van der Waals surface area contributed by atoms with Crippen LogP contribution in [0.4, 0.5) is 4.79 Å². The molecule has 0 bridgehead atoms. The monoisotopic (exact) mass is 280 g/mol. The van der Waals surface area contributed by atoms with Crippen molar-refractivity contribution in [3.63, 3.8) is 0 Å². The van der Waals surface area contributed by atoms with Crippen LogP contribution in [0.3, 0.4) is 0 Å². The standard InChI is InChI=1S/C15H24N2O3/c18-14(19)13-8-10-17(11-13)15(20)16-9-7-12-5-3-1-2-4-6-12/h5,13H,1-4,6-11H2,(H,16,20)(H,18,19). The lowest BCUT2D eigenvalue weighted by atomic mass is 10.1. The van der Waals surface area contributed by atoms with Crippen LogP contribution in [0.2, 0.25) is 0 Å². The summed E-state index contributed by atoms with van der Waals surface area (Å²) in [6.45, 7) is 1.54. The summed E-state index contributed by atoms with van der Waals surface area (Å²) in [5, 5.41) is 11.8. The lowest BCUT2D eigenvalue weighted by Crippen LogP contribution is -2.39. The molecule has 1 atom stereocenters. The number of carbonyl (C=O) groups is 2. The minimum absolute atomic E-state index is 0.122. The number of carbonyl (C=O) groups excluding carboxylic acids is 1. The number of allylic oxidation sites excluding steroid dienone is 1. The quantitative estimate of drug-likeness (QED) is 0.777. The number of carboxylic acid groups (broad SMARTS) is 1. The summed E-state index contributed by atoms with van der Waals surface area (Å²) >= 11 is 0. The van der Waals surface area contributed by atoms with E-state index in [-0.39, 0.29) is 6.03 Å². The van der Waals surface area contributed by atoms with Crippen molar-refractivity contribution < 1.29 is 14.7 Å². The van der Waals surface area contributed by atoms with Crippen LogP contribution in [-0.4, -0.2) is 41.6 Å². The number of nitrogens with zero attached hydrogens (tertiary/aromatic N) is 1. The van der Waals surface area contributed by atoms with Gasteiger partial charge in [-0.05, 0) is 38.5 Å². The van der Waals surface area contributed by atoms with E-state index >= 15 is 0 Å². The number of hydrogen-bond acceptors (Lipinski definition) is 2. The topological polar surface area (TPSA) is 69.6 Å². The Labute approximate surface area is 120 Å². The molecule has 2 aliphatic rings. The second-order valence-electron chi connectivity index (χ2n) is 5.71. The van der Waals surface area contributed by atoms with E-state index in [1.54, 1.807) is 4.90 Å².